The number of hydrogen-bond donors (Lipinski definition) is 1. The summed E-state index contributed by atoms with van der Waals surface area (Å²) in [4.78, 5) is 0. The van der Waals surface area contributed by atoms with Crippen LogP contribution in [0, 0.1) is 6.92 Å². The summed E-state index contributed by atoms with van der Waals surface area (Å²) in [5.74, 6) is 0.989. The van der Waals surface area contributed by atoms with Crippen LogP contribution in [-0.4, -0.2) is 16.3 Å². The van der Waals surface area contributed by atoms with Crippen molar-refractivity contribution in [3.8, 4) is 0 Å². The van der Waals surface area contributed by atoms with Crippen LogP contribution in [0.3, 0.4) is 0 Å². The molecule has 0 unspecified atom stereocenters. The smallest absolute Gasteiger partial charge is 0.134 e. The minimum Gasteiger partial charge on any atom is -0.459 e. The number of nitrogens with zero attached hydrogens (tertiary/aromatic N) is 2. The number of nitrogens with one attached hydrogen (secondary N) is 1. The SMILES string of the molecule is CCCNCc1c(Cn2cc(C)cn2)oc2ccccc12. The third-order valence-electron chi connectivity index (χ3n) is 3.58. The summed E-state index contributed by atoms with van der Waals surface area (Å²) in [6.45, 7) is 6.74. The molecule has 0 fully saturated rings. The predicted molar refractivity (Wildman–Crippen MR) is 84.3 cm³/mol. The largest absolute Gasteiger partial charge is 0.459 e. The van der Waals surface area contributed by atoms with Crippen molar-refractivity contribution in [3.63, 3.8) is 0 Å². The fraction of sp³-hybridized carbons (Fsp3) is 0.353. The standard InChI is InChI=1S/C17H21N3O/c1-3-8-18-10-15-14-6-4-5-7-16(14)21-17(15)12-20-11-13(2)9-19-20/h4-7,9,11,18H,3,8,10,12H2,1-2H3. The number of benzene rings is 1. The van der Waals surface area contributed by atoms with Crippen LogP contribution in [-0.2, 0) is 13.1 Å². The van der Waals surface area contributed by atoms with Gasteiger partial charge in [0.2, 0.25) is 0 Å². The van der Waals surface area contributed by atoms with E-state index >= 15 is 0 Å². The summed E-state index contributed by atoms with van der Waals surface area (Å²) in [6, 6.07) is 8.22. The Hall–Kier alpha value is -2.07. The van der Waals surface area contributed by atoms with Crippen molar-refractivity contribution in [2.45, 2.75) is 33.4 Å². The third-order valence-corrected chi connectivity index (χ3v) is 3.58. The van der Waals surface area contributed by atoms with Gasteiger partial charge in [0, 0.05) is 23.7 Å². The average molecular weight is 283 g/mol. The van der Waals surface area contributed by atoms with E-state index in [1.54, 1.807) is 0 Å². The number of aryl methyl sites for hydroxylation is 1. The van der Waals surface area contributed by atoms with Gasteiger partial charge >= 0.3 is 0 Å². The first-order chi connectivity index (χ1) is 10.3. The van der Waals surface area contributed by atoms with Crippen LogP contribution in [0.5, 0.6) is 0 Å². The van der Waals surface area contributed by atoms with Crippen molar-refractivity contribution >= 4 is 11.0 Å². The first-order valence-corrected chi connectivity index (χ1v) is 7.47. The van der Waals surface area contributed by atoms with Crippen molar-refractivity contribution in [1.29, 1.82) is 0 Å². The molecule has 2 heterocycles. The van der Waals surface area contributed by atoms with Crippen LogP contribution >= 0.6 is 0 Å². The molecule has 0 saturated carbocycles. The Morgan fingerprint density at radius 1 is 1.29 bits per heavy atom. The van der Waals surface area contributed by atoms with E-state index < -0.39 is 0 Å². The van der Waals surface area contributed by atoms with Gasteiger partial charge in [-0.15, -0.1) is 0 Å². The van der Waals surface area contributed by atoms with E-state index in [0.29, 0.717) is 6.54 Å². The Morgan fingerprint density at radius 2 is 2.14 bits per heavy atom. The summed E-state index contributed by atoms with van der Waals surface area (Å²) < 4.78 is 7.97. The van der Waals surface area contributed by atoms with Gasteiger partial charge in [-0.25, -0.2) is 0 Å². The molecular weight excluding hydrogens is 262 g/mol. The van der Waals surface area contributed by atoms with Crippen molar-refractivity contribution in [1.82, 2.24) is 15.1 Å². The number of aromatic nitrogens is 2. The summed E-state index contributed by atoms with van der Waals surface area (Å²) in [7, 11) is 0. The zero-order valence-corrected chi connectivity index (χ0v) is 12.6. The average Bonchev–Trinajstić information content (AvgIpc) is 3.04. The number of fused-ring (bicyclic) bond motifs is 1. The van der Waals surface area contributed by atoms with Gasteiger partial charge < -0.3 is 9.73 Å². The van der Waals surface area contributed by atoms with Crippen LogP contribution in [0.25, 0.3) is 11.0 Å². The molecule has 0 saturated heterocycles. The predicted octanol–water partition coefficient (Wildman–Crippen LogP) is 3.49. The first kappa shape index (κ1) is 13.9. The Bertz CT molecular complexity index is 727. The van der Waals surface area contributed by atoms with E-state index in [2.05, 4.69) is 29.5 Å². The monoisotopic (exact) mass is 283 g/mol. The van der Waals surface area contributed by atoms with Crippen LogP contribution in [0.4, 0.5) is 0 Å². The van der Waals surface area contributed by atoms with Gasteiger partial charge in [-0.2, -0.15) is 5.10 Å². The van der Waals surface area contributed by atoms with Gasteiger partial charge in [0.05, 0.1) is 12.7 Å². The summed E-state index contributed by atoms with van der Waals surface area (Å²) >= 11 is 0. The molecule has 0 radical (unpaired) electrons. The van der Waals surface area contributed by atoms with Gasteiger partial charge in [-0.3, -0.25) is 4.68 Å². The Kier molecular flexibility index (Phi) is 4.06. The maximum absolute atomic E-state index is 6.04. The van der Waals surface area contributed by atoms with Crippen molar-refractivity contribution < 1.29 is 4.42 Å². The zero-order chi connectivity index (χ0) is 14.7. The van der Waals surface area contributed by atoms with Gasteiger partial charge in [0.15, 0.2) is 0 Å². The van der Waals surface area contributed by atoms with Crippen LogP contribution < -0.4 is 5.32 Å². The maximum Gasteiger partial charge on any atom is 0.134 e. The quantitative estimate of drug-likeness (QED) is 0.704. The molecule has 0 amide bonds. The molecule has 1 aromatic carbocycles. The van der Waals surface area contributed by atoms with Crippen molar-refractivity contribution in [2.24, 2.45) is 0 Å². The molecule has 0 aliphatic rings. The minimum atomic E-state index is 0.672. The Labute approximate surface area is 124 Å². The summed E-state index contributed by atoms with van der Waals surface area (Å²) in [6.07, 6.45) is 5.04. The lowest BCUT2D eigenvalue weighted by Crippen LogP contribution is -2.15. The highest BCUT2D eigenvalue weighted by atomic mass is 16.3. The van der Waals surface area contributed by atoms with Crippen molar-refractivity contribution in [2.75, 3.05) is 6.54 Å². The van der Waals surface area contributed by atoms with E-state index in [4.69, 9.17) is 4.42 Å². The van der Waals surface area contributed by atoms with Crippen LogP contribution in [0.2, 0.25) is 0 Å². The fourth-order valence-electron chi connectivity index (χ4n) is 2.56. The highest BCUT2D eigenvalue weighted by molar-refractivity contribution is 5.82. The zero-order valence-electron chi connectivity index (χ0n) is 12.6. The normalized spacial score (nSPS) is 11.3. The molecule has 3 rings (SSSR count). The summed E-state index contributed by atoms with van der Waals surface area (Å²) in [5, 5.41) is 9.02. The Morgan fingerprint density at radius 3 is 2.90 bits per heavy atom. The minimum absolute atomic E-state index is 0.672. The lowest BCUT2D eigenvalue weighted by Gasteiger charge is -2.05. The molecule has 0 aliphatic heterocycles. The number of para-hydroxylation sites is 1. The second-order valence-electron chi connectivity index (χ2n) is 5.39. The maximum atomic E-state index is 6.04. The van der Waals surface area contributed by atoms with Gasteiger partial charge in [-0.1, -0.05) is 25.1 Å². The molecule has 21 heavy (non-hydrogen) atoms. The molecule has 0 spiro atoms. The lowest BCUT2D eigenvalue weighted by atomic mass is 10.1. The first-order valence-electron chi connectivity index (χ1n) is 7.47. The van der Waals surface area contributed by atoms with E-state index in [-0.39, 0.29) is 0 Å². The number of rotatable bonds is 6. The van der Waals surface area contributed by atoms with E-state index in [9.17, 15) is 0 Å². The van der Waals surface area contributed by atoms with Crippen molar-refractivity contribution in [3.05, 3.63) is 53.5 Å². The fourth-order valence-corrected chi connectivity index (χ4v) is 2.56. The van der Waals surface area contributed by atoms with E-state index in [0.717, 1.165) is 36.4 Å². The van der Waals surface area contributed by atoms with E-state index in [1.165, 1.54) is 10.9 Å². The molecule has 0 atom stereocenters. The molecule has 3 aromatic rings. The Balaban J connectivity index is 1.93. The van der Waals surface area contributed by atoms with Gasteiger partial charge in [-0.05, 0) is 31.5 Å². The van der Waals surface area contributed by atoms with Crippen LogP contribution in [0.1, 0.15) is 30.2 Å². The molecule has 2 aromatic heterocycles. The molecular formula is C17H21N3O. The number of hydrogen-bond acceptors (Lipinski definition) is 3. The molecule has 0 bridgehead atoms. The van der Waals surface area contributed by atoms with E-state index in [1.807, 2.05) is 36.1 Å². The highest BCUT2D eigenvalue weighted by Crippen LogP contribution is 2.26. The molecule has 1 N–H and O–H groups in total. The molecule has 110 valence electrons. The third kappa shape index (κ3) is 3.00. The van der Waals surface area contributed by atoms with Gasteiger partial charge in [0.25, 0.3) is 0 Å². The molecule has 4 nitrogen and oxygen atoms in total. The highest BCUT2D eigenvalue weighted by Gasteiger charge is 2.14. The number of furan rings is 1. The van der Waals surface area contributed by atoms with Gasteiger partial charge in [0.1, 0.15) is 11.3 Å². The molecule has 4 heteroatoms. The second-order valence-corrected chi connectivity index (χ2v) is 5.39. The lowest BCUT2D eigenvalue weighted by molar-refractivity contribution is 0.499. The van der Waals surface area contributed by atoms with Crippen LogP contribution in [0.15, 0.2) is 41.1 Å². The topological polar surface area (TPSA) is 43.0 Å². The second kappa shape index (κ2) is 6.14. The molecule has 0 aliphatic carbocycles. The summed E-state index contributed by atoms with van der Waals surface area (Å²) in [5.41, 5.74) is 3.36.